The minimum Gasteiger partial charge on any atom is -1.00 e. The van der Waals surface area contributed by atoms with Crippen LogP contribution in [0.3, 0.4) is 0 Å². The molecule has 0 amide bonds. The van der Waals surface area contributed by atoms with Crippen LogP contribution in [0.4, 0.5) is 0 Å². The summed E-state index contributed by atoms with van der Waals surface area (Å²) in [5.74, 6) is -0.311. The van der Waals surface area contributed by atoms with E-state index in [1.165, 1.54) is 51.0 Å². The lowest BCUT2D eigenvalue weighted by atomic mass is 10.1. The van der Waals surface area contributed by atoms with E-state index in [2.05, 4.69) is 41.7 Å². The topological polar surface area (TPSA) is 30.2 Å². The van der Waals surface area contributed by atoms with Gasteiger partial charge in [-0.25, -0.2) is 9.36 Å². The molecule has 3 nitrogen and oxygen atoms in total. The van der Waals surface area contributed by atoms with Gasteiger partial charge in [0.05, 0.1) is 6.61 Å². The zero-order valence-electron chi connectivity index (χ0n) is 14.1. The summed E-state index contributed by atoms with van der Waals surface area (Å²) in [5, 5.41) is 0. The number of aryl methyl sites for hydroxylation is 1. The van der Waals surface area contributed by atoms with Crippen molar-refractivity contribution in [2.75, 3.05) is 6.61 Å². The van der Waals surface area contributed by atoms with Gasteiger partial charge < -0.3 is 21.7 Å². The fourth-order valence-electron chi connectivity index (χ4n) is 2.45. The van der Waals surface area contributed by atoms with Crippen molar-refractivity contribution in [2.24, 2.45) is 0 Å². The average Bonchev–Trinajstić information content (AvgIpc) is 2.56. The molecule has 4 heteroatoms. The number of unbranched alkanes of at least 4 members (excludes halogenated alkanes) is 8. The van der Waals surface area contributed by atoms with Crippen molar-refractivity contribution in [2.45, 2.75) is 64.3 Å². The van der Waals surface area contributed by atoms with Crippen LogP contribution in [-0.4, -0.2) is 12.6 Å². The molecule has 23 heavy (non-hydrogen) atoms. The maximum atomic E-state index is 10.8. The summed E-state index contributed by atoms with van der Waals surface area (Å²) in [4.78, 5) is 10.8. The highest BCUT2D eigenvalue weighted by atomic mass is 79.9. The Balaban J connectivity index is 0.00000484. The van der Waals surface area contributed by atoms with Crippen LogP contribution in [0.5, 0.6) is 0 Å². The predicted octanol–water partition coefficient (Wildman–Crippen LogP) is 1.22. The molecule has 1 heterocycles. The lowest BCUT2D eigenvalue weighted by molar-refractivity contribution is -0.697. The fourth-order valence-corrected chi connectivity index (χ4v) is 2.45. The van der Waals surface area contributed by atoms with Gasteiger partial charge in [0.2, 0.25) is 0 Å². The number of esters is 1. The Hall–Kier alpha value is -1.16. The van der Waals surface area contributed by atoms with Crippen LogP contribution in [0.1, 0.15) is 57.8 Å². The normalized spacial score (nSPS) is 9.91. The van der Waals surface area contributed by atoms with Crippen LogP contribution >= 0.6 is 0 Å². The second-order valence-electron chi connectivity index (χ2n) is 5.67. The van der Waals surface area contributed by atoms with Crippen LogP contribution < -0.4 is 21.5 Å². The number of pyridine rings is 1. The summed E-state index contributed by atoms with van der Waals surface area (Å²) in [7, 11) is 0. The summed E-state index contributed by atoms with van der Waals surface area (Å²) >= 11 is 0. The zero-order chi connectivity index (χ0) is 15.9. The van der Waals surface area contributed by atoms with Gasteiger partial charge >= 0.3 is 5.97 Å². The van der Waals surface area contributed by atoms with Gasteiger partial charge in [0, 0.05) is 24.6 Å². The number of hydrogen-bond donors (Lipinski definition) is 0. The number of ether oxygens (including phenoxy) is 1. The van der Waals surface area contributed by atoms with Crippen molar-refractivity contribution < 1.29 is 31.1 Å². The number of aromatic nitrogens is 1. The molecule has 0 atom stereocenters. The first-order chi connectivity index (χ1) is 10.8. The standard InChI is InChI=1S/C19H30NO2.BrH/c1-2-19(21)22-18-14-9-7-5-3-4-6-8-11-15-20-16-12-10-13-17-20;/h2,10,12-13,16-17H,1,3-9,11,14-15,18H2;1H/q+1;/p-1. The summed E-state index contributed by atoms with van der Waals surface area (Å²) < 4.78 is 7.19. The molecule has 0 aliphatic heterocycles. The van der Waals surface area contributed by atoms with Crippen molar-refractivity contribution >= 4 is 5.97 Å². The Labute approximate surface area is 151 Å². The lowest BCUT2D eigenvalue weighted by Gasteiger charge is -2.03. The van der Waals surface area contributed by atoms with Crippen LogP contribution in [0.15, 0.2) is 43.2 Å². The highest BCUT2D eigenvalue weighted by molar-refractivity contribution is 5.81. The Morgan fingerprint density at radius 2 is 1.39 bits per heavy atom. The Bertz CT molecular complexity index is 409. The summed E-state index contributed by atoms with van der Waals surface area (Å²) in [6.45, 7) is 5.03. The van der Waals surface area contributed by atoms with Crippen molar-refractivity contribution in [3.63, 3.8) is 0 Å². The van der Waals surface area contributed by atoms with E-state index in [0.29, 0.717) is 6.61 Å². The SMILES string of the molecule is C=CC(=O)OCCCCCCCCCCC[n+]1ccccc1.[Br-]. The monoisotopic (exact) mass is 383 g/mol. The van der Waals surface area contributed by atoms with E-state index in [1.807, 2.05) is 0 Å². The predicted molar refractivity (Wildman–Crippen MR) is 89.3 cm³/mol. The second-order valence-corrected chi connectivity index (χ2v) is 5.67. The molecular formula is C19H30BrNO2. The largest absolute Gasteiger partial charge is 1.00 e. The van der Waals surface area contributed by atoms with Gasteiger partial charge in [0.15, 0.2) is 12.4 Å². The molecule has 130 valence electrons. The van der Waals surface area contributed by atoms with E-state index in [0.717, 1.165) is 19.4 Å². The minimum atomic E-state index is -0.311. The summed E-state index contributed by atoms with van der Waals surface area (Å²) in [5.41, 5.74) is 0. The van der Waals surface area contributed by atoms with Crippen LogP contribution in [0.2, 0.25) is 0 Å². The molecule has 0 saturated heterocycles. The lowest BCUT2D eigenvalue weighted by Crippen LogP contribution is -3.00. The van der Waals surface area contributed by atoms with Gasteiger partial charge in [-0.15, -0.1) is 0 Å². The van der Waals surface area contributed by atoms with Gasteiger partial charge in [-0.3, -0.25) is 0 Å². The molecule has 0 radical (unpaired) electrons. The molecule has 0 aromatic carbocycles. The number of rotatable bonds is 13. The van der Waals surface area contributed by atoms with Crippen LogP contribution in [-0.2, 0) is 16.1 Å². The highest BCUT2D eigenvalue weighted by Gasteiger charge is 1.98. The van der Waals surface area contributed by atoms with E-state index >= 15 is 0 Å². The third kappa shape index (κ3) is 13.0. The molecular weight excluding hydrogens is 354 g/mol. The van der Waals surface area contributed by atoms with E-state index < -0.39 is 0 Å². The number of nitrogens with zero attached hydrogens (tertiary/aromatic N) is 1. The minimum absolute atomic E-state index is 0. The smallest absolute Gasteiger partial charge is 0.330 e. The maximum Gasteiger partial charge on any atom is 0.330 e. The third-order valence-electron chi connectivity index (χ3n) is 3.75. The second kappa shape index (κ2) is 15.7. The molecule has 1 rings (SSSR count). The zero-order valence-corrected chi connectivity index (χ0v) is 15.7. The van der Waals surface area contributed by atoms with Crippen LogP contribution in [0.25, 0.3) is 0 Å². The van der Waals surface area contributed by atoms with Gasteiger partial charge in [-0.05, 0) is 12.8 Å². The molecule has 0 bridgehead atoms. The van der Waals surface area contributed by atoms with E-state index in [-0.39, 0.29) is 23.0 Å². The van der Waals surface area contributed by atoms with E-state index in [9.17, 15) is 4.79 Å². The van der Waals surface area contributed by atoms with Gasteiger partial charge in [0.25, 0.3) is 0 Å². The molecule has 0 fully saturated rings. The molecule has 0 aliphatic carbocycles. The number of carbonyl (C=O) groups excluding carboxylic acids is 1. The van der Waals surface area contributed by atoms with Crippen molar-refractivity contribution in [1.29, 1.82) is 0 Å². The van der Waals surface area contributed by atoms with Crippen molar-refractivity contribution in [3.05, 3.63) is 43.2 Å². The molecule has 0 spiro atoms. The molecule has 1 aromatic heterocycles. The van der Waals surface area contributed by atoms with Crippen LogP contribution in [0, 0.1) is 0 Å². The van der Waals surface area contributed by atoms with Crippen molar-refractivity contribution in [1.82, 2.24) is 0 Å². The first kappa shape index (κ1) is 21.8. The quantitative estimate of drug-likeness (QED) is 0.222. The summed E-state index contributed by atoms with van der Waals surface area (Å²) in [6.07, 6.45) is 16.7. The number of carbonyl (C=O) groups is 1. The molecule has 0 saturated carbocycles. The third-order valence-corrected chi connectivity index (χ3v) is 3.75. The maximum absolute atomic E-state index is 10.8. The Morgan fingerprint density at radius 3 is 1.96 bits per heavy atom. The fraction of sp³-hybridized carbons (Fsp3) is 0.579. The molecule has 0 unspecified atom stereocenters. The van der Waals surface area contributed by atoms with Gasteiger partial charge in [-0.2, -0.15) is 0 Å². The van der Waals surface area contributed by atoms with Gasteiger partial charge in [-0.1, -0.05) is 51.2 Å². The first-order valence-electron chi connectivity index (χ1n) is 8.56. The van der Waals surface area contributed by atoms with Gasteiger partial charge in [0.1, 0.15) is 6.54 Å². The highest BCUT2D eigenvalue weighted by Crippen LogP contribution is 2.09. The Morgan fingerprint density at radius 1 is 0.870 bits per heavy atom. The van der Waals surface area contributed by atoms with E-state index in [1.54, 1.807) is 0 Å². The Kier molecular flexibility index (Phi) is 14.9. The summed E-state index contributed by atoms with van der Waals surface area (Å²) in [6, 6.07) is 6.22. The molecule has 0 N–H and O–H groups in total. The molecule has 0 aliphatic rings. The van der Waals surface area contributed by atoms with Crippen molar-refractivity contribution in [3.8, 4) is 0 Å². The molecule has 1 aromatic rings. The average molecular weight is 384 g/mol. The number of hydrogen-bond acceptors (Lipinski definition) is 2. The number of halogens is 1. The van der Waals surface area contributed by atoms with E-state index in [4.69, 9.17) is 4.74 Å². The first-order valence-corrected chi connectivity index (χ1v) is 8.56.